The molecule has 0 aromatic heterocycles. The lowest BCUT2D eigenvalue weighted by atomic mass is 9.81. The zero-order chi connectivity index (χ0) is 12.9. The Morgan fingerprint density at radius 2 is 2.12 bits per heavy atom. The van der Waals surface area contributed by atoms with Crippen molar-refractivity contribution in [2.45, 2.75) is 18.9 Å². The lowest BCUT2D eigenvalue weighted by Gasteiger charge is -2.25. The maximum Gasteiger partial charge on any atom is 0.306 e. The van der Waals surface area contributed by atoms with Crippen molar-refractivity contribution in [3.05, 3.63) is 0 Å². The topological polar surface area (TPSA) is 94.6 Å². The third-order valence-corrected chi connectivity index (χ3v) is 6.14. The van der Waals surface area contributed by atoms with Crippen LogP contribution in [0.15, 0.2) is 0 Å². The molecule has 0 aromatic rings. The summed E-state index contributed by atoms with van der Waals surface area (Å²) in [5.74, 6) is -1.34. The number of sulfone groups is 1. The Kier molecular flexibility index (Phi) is 2.95. The zero-order valence-electron chi connectivity index (χ0n) is 8.76. The first-order chi connectivity index (χ1) is 7.62. The molecular weight excluding hydrogens is 292 g/mol. The third kappa shape index (κ3) is 2.74. The molecule has 0 bridgehead atoms. The first kappa shape index (κ1) is 13.1. The molecule has 2 rings (SSSR count). The van der Waals surface area contributed by atoms with Gasteiger partial charge in [-0.15, -0.1) is 0 Å². The lowest BCUT2D eigenvalue weighted by Crippen LogP contribution is -2.36. The minimum Gasteiger partial charge on any atom is -0.461 e. The van der Waals surface area contributed by atoms with Crippen LogP contribution in [0.2, 0.25) is 0 Å². The van der Waals surface area contributed by atoms with Gasteiger partial charge in [0.15, 0.2) is 9.84 Å². The van der Waals surface area contributed by atoms with Crippen LogP contribution in [-0.4, -0.2) is 46.2 Å². The molecule has 0 saturated carbocycles. The second kappa shape index (κ2) is 3.83. The quantitative estimate of drug-likeness (QED) is 0.512. The molecule has 0 aromatic carbocycles. The Morgan fingerprint density at radius 1 is 1.47 bits per heavy atom. The first-order valence-electron chi connectivity index (χ1n) is 4.94. The van der Waals surface area contributed by atoms with Crippen molar-refractivity contribution in [1.82, 2.24) is 0 Å². The van der Waals surface area contributed by atoms with E-state index in [2.05, 4.69) is 0 Å². The summed E-state index contributed by atoms with van der Waals surface area (Å²) in [6.45, 7) is 0. The number of halogens is 1. The molecule has 0 N–H and O–H groups in total. The molecule has 0 aliphatic carbocycles. The average Bonchev–Trinajstić information content (AvgIpc) is 2.52. The standard InChI is InChI=1S/C8H11ClO6S2/c9-17(13,14)4-6-8(3-7(10)15-6)1-2-16(11,12)5-8/h6H,1-5H2. The van der Waals surface area contributed by atoms with Crippen molar-refractivity contribution in [3.8, 4) is 0 Å². The molecule has 0 radical (unpaired) electrons. The van der Waals surface area contributed by atoms with Gasteiger partial charge in [-0.3, -0.25) is 4.79 Å². The van der Waals surface area contributed by atoms with E-state index in [-0.39, 0.29) is 24.3 Å². The van der Waals surface area contributed by atoms with Crippen LogP contribution in [0.4, 0.5) is 0 Å². The van der Waals surface area contributed by atoms with E-state index >= 15 is 0 Å². The summed E-state index contributed by atoms with van der Waals surface area (Å²) in [4.78, 5) is 11.3. The summed E-state index contributed by atoms with van der Waals surface area (Å²) in [7, 11) is -1.93. The van der Waals surface area contributed by atoms with Crippen molar-refractivity contribution in [3.63, 3.8) is 0 Å². The highest BCUT2D eigenvalue weighted by Gasteiger charge is 2.56. The van der Waals surface area contributed by atoms with Crippen LogP contribution in [0.1, 0.15) is 12.8 Å². The maximum absolute atomic E-state index is 11.5. The van der Waals surface area contributed by atoms with Gasteiger partial charge in [0.1, 0.15) is 11.9 Å². The molecule has 2 fully saturated rings. The fourth-order valence-corrected chi connectivity index (χ4v) is 5.75. The van der Waals surface area contributed by atoms with Gasteiger partial charge in [-0.25, -0.2) is 16.8 Å². The highest BCUT2D eigenvalue weighted by Crippen LogP contribution is 2.45. The van der Waals surface area contributed by atoms with E-state index in [1.807, 2.05) is 0 Å². The lowest BCUT2D eigenvalue weighted by molar-refractivity contribution is -0.140. The smallest absolute Gasteiger partial charge is 0.306 e. The van der Waals surface area contributed by atoms with Crippen LogP contribution in [0, 0.1) is 5.41 Å². The third-order valence-electron chi connectivity index (χ3n) is 3.22. The minimum atomic E-state index is -3.83. The summed E-state index contributed by atoms with van der Waals surface area (Å²) < 4.78 is 49.9. The SMILES string of the molecule is O=C1CC2(CCS(=O)(=O)C2)C(CS(=O)(=O)Cl)O1. The summed E-state index contributed by atoms with van der Waals surface area (Å²) in [6.07, 6.45) is -0.753. The van der Waals surface area contributed by atoms with Gasteiger partial charge in [0, 0.05) is 16.1 Å². The van der Waals surface area contributed by atoms with Gasteiger partial charge in [0.2, 0.25) is 9.05 Å². The Balaban J connectivity index is 2.29. The van der Waals surface area contributed by atoms with Crippen LogP contribution in [0.5, 0.6) is 0 Å². The molecule has 2 saturated heterocycles. The minimum absolute atomic E-state index is 0.0392. The molecule has 98 valence electrons. The molecule has 2 aliphatic heterocycles. The number of hydrogen-bond donors (Lipinski definition) is 0. The van der Waals surface area contributed by atoms with Crippen molar-refractivity contribution < 1.29 is 26.4 Å². The zero-order valence-corrected chi connectivity index (χ0v) is 11.1. The first-order valence-corrected chi connectivity index (χ1v) is 9.24. The number of cyclic esters (lactones) is 1. The number of ether oxygens (including phenoxy) is 1. The summed E-state index contributed by atoms with van der Waals surface area (Å²) in [6, 6.07) is 0. The summed E-state index contributed by atoms with van der Waals surface area (Å²) in [5, 5.41) is 0. The van der Waals surface area contributed by atoms with Crippen molar-refractivity contribution in [2.24, 2.45) is 5.41 Å². The highest BCUT2D eigenvalue weighted by atomic mass is 35.7. The molecule has 17 heavy (non-hydrogen) atoms. The normalized spacial score (nSPS) is 36.3. The van der Waals surface area contributed by atoms with Gasteiger partial charge >= 0.3 is 5.97 Å². The monoisotopic (exact) mass is 302 g/mol. The fourth-order valence-electron chi connectivity index (χ4n) is 2.45. The van der Waals surface area contributed by atoms with Crippen LogP contribution in [-0.2, 0) is 28.4 Å². The van der Waals surface area contributed by atoms with E-state index < -0.39 is 42.1 Å². The molecule has 2 unspecified atom stereocenters. The Hall–Kier alpha value is -0.340. The van der Waals surface area contributed by atoms with Crippen LogP contribution in [0.25, 0.3) is 0 Å². The number of carbonyl (C=O) groups excluding carboxylic acids is 1. The van der Waals surface area contributed by atoms with Crippen molar-refractivity contribution in [2.75, 3.05) is 17.3 Å². The summed E-state index contributed by atoms with van der Waals surface area (Å²) in [5.41, 5.74) is -0.905. The van der Waals surface area contributed by atoms with Gasteiger partial charge in [0.05, 0.1) is 17.9 Å². The van der Waals surface area contributed by atoms with E-state index in [1.54, 1.807) is 0 Å². The predicted octanol–water partition coefficient (Wildman–Crippen LogP) is -0.325. The van der Waals surface area contributed by atoms with Gasteiger partial charge < -0.3 is 4.74 Å². The number of carbonyl (C=O) groups is 1. The average molecular weight is 303 g/mol. The predicted molar refractivity (Wildman–Crippen MR) is 59.8 cm³/mol. The Morgan fingerprint density at radius 3 is 2.59 bits per heavy atom. The second-order valence-corrected chi connectivity index (χ2v) is 9.57. The van der Waals surface area contributed by atoms with E-state index in [0.29, 0.717) is 0 Å². The highest BCUT2D eigenvalue weighted by molar-refractivity contribution is 8.13. The van der Waals surface area contributed by atoms with Gasteiger partial charge in [0.25, 0.3) is 0 Å². The molecule has 2 heterocycles. The van der Waals surface area contributed by atoms with Crippen molar-refractivity contribution in [1.29, 1.82) is 0 Å². The van der Waals surface area contributed by atoms with Gasteiger partial charge in [-0.05, 0) is 6.42 Å². The van der Waals surface area contributed by atoms with E-state index in [4.69, 9.17) is 15.4 Å². The molecule has 2 aliphatic rings. The number of esters is 1. The Bertz CT molecular complexity index is 551. The molecule has 0 amide bonds. The number of rotatable bonds is 2. The molecule has 2 atom stereocenters. The van der Waals surface area contributed by atoms with Crippen LogP contribution in [0.3, 0.4) is 0 Å². The summed E-state index contributed by atoms with van der Waals surface area (Å²) >= 11 is 0. The Labute approximate surface area is 104 Å². The molecule has 6 nitrogen and oxygen atoms in total. The van der Waals surface area contributed by atoms with E-state index in [1.165, 1.54) is 0 Å². The largest absolute Gasteiger partial charge is 0.461 e. The maximum atomic E-state index is 11.5. The molecule has 9 heteroatoms. The molecular formula is C8H11ClO6S2. The van der Waals surface area contributed by atoms with Crippen LogP contribution < -0.4 is 0 Å². The van der Waals surface area contributed by atoms with E-state index in [0.717, 1.165) is 0 Å². The van der Waals surface area contributed by atoms with Gasteiger partial charge in [-0.2, -0.15) is 0 Å². The van der Waals surface area contributed by atoms with Crippen LogP contribution >= 0.6 is 10.7 Å². The van der Waals surface area contributed by atoms with Gasteiger partial charge in [-0.1, -0.05) is 0 Å². The molecule has 1 spiro atoms. The number of hydrogen-bond acceptors (Lipinski definition) is 6. The fraction of sp³-hybridized carbons (Fsp3) is 0.875. The second-order valence-electron chi connectivity index (χ2n) is 4.57. The van der Waals surface area contributed by atoms with E-state index in [9.17, 15) is 21.6 Å². The van der Waals surface area contributed by atoms with Crippen molar-refractivity contribution >= 4 is 35.5 Å².